The average Bonchev–Trinajstić information content (AvgIpc) is 2.97. The molecule has 1 aromatic carbocycles. The van der Waals surface area contributed by atoms with Crippen LogP contribution in [0.4, 0.5) is 0 Å². The van der Waals surface area contributed by atoms with Crippen LogP contribution in [-0.2, 0) is 11.3 Å². The second kappa shape index (κ2) is 8.30. The molecule has 24 heavy (non-hydrogen) atoms. The van der Waals surface area contributed by atoms with Crippen molar-refractivity contribution in [2.45, 2.75) is 25.1 Å². The van der Waals surface area contributed by atoms with Gasteiger partial charge in [0.25, 0.3) is 0 Å². The number of piperazine rings is 1. The summed E-state index contributed by atoms with van der Waals surface area (Å²) in [6.45, 7) is 7.44. The van der Waals surface area contributed by atoms with Crippen molar-refractivity contribution in [3.63, 3.8) is 0 Å². The number of likely N-dealkylation sites (N-methyl/N-ethyl adjacent to an activating group) is 1. The van der Waals surface area contributed by atoms with Gasteiger partial charge in [-0.15, -0.1) is 0 Å². The minimum absolute atomic E-state index is 0.413. The third-order valence-electron chi connectivity index (χ3n) is 5.12. The third-order valence-corrected chi connectivity index (χ3v) is 5.12. The maximum absolute atomic E-state index is 6.07. The molecule has 3 rings (SSSR count). The van der Waals surface area contributed by atoms with Crippen LogP contribution in [0.1, 0.15) is 12.0 Å². The fourth-order valence-corrected chi connectivity index (χ4v) is 3.72. The van der Waals surface area contributed by atoms with Gasteiger partial charge in [-0.25, -0.2) is 0 Å². The van der Waals surface area contributed by atoms with Crippen LogP contribution in [-0.4, -0.2) is 87.4 Å². The maximum Gasteiger partial charge on any atom is 0.118 e. The second-order valence-corrected chi connectivity index (χ2v) is 7.26. The zero-order valence-electron chi connectivity index (χ0n) is 15.3. The minimum Gasteiger partial charge on any atom is -0.497 e. The average molecular weight is 333 g/mol. The highest BCUT2D eigenvalue weighted by atomic mass is 16.5. The summed E-state index contributed by atoms with van der Waals surface area (Å²) < 4.78 is 11.3. The number of methoxy groups -OCH3 is 1. The number of fused-ring (bicyclic) bond motifs is 1. The SMILES string of the molecule is COc1ccc(CN2CCN3C[C@H](OCCN(C)C)C[C@H]3C2)cc1. The van der Waals surface area contributed by atoms with E-state index in [1.165, 1.54) is 12.0 Å². The number of rotatable bonds is 7. The molecule has 0 unspecified atom stereocenters. The second-order valence-electron chi connectivity index (χ2n) is 7.26. The summed E-state index contributed by atoms with van der Waals surface area (Å²) in [5.41, 5.74) is 1.36. The van der Waals surface area contributed by atoms with Crippen molar-refractivity contribution in [3.8, 4) is 5.75 Å². The van der Waals surface area contributed by atoms with Gasteiger partial charge in [0.2, 0.25) is 0 Å². The first-order valence-electron chi connectivity index (χ1n) is 8.99. The molecule has 0 N–H and O–H groups in total. The van der Waals surface area contributed by atoms with Crippen LogP contribution in [0.2, 0.25) is 0 Å². The molecule has 0 saturated carbocycles. The molecule has 1 aromatic rings. The van der Waals surface area contributed by atoms with Gasteiger partial charge in [-0.1, -0.05) is 12.1 Å². The fourth-order valence-electron chi connectivity index (χ4n) is 3.72. The Kier molecular flexibility index (Phi) is 6.11. The number of benzene rings is 1. The summed E-state index contributed by atoms with van der Waals surface area (Å²) in [4.78, 5) is 7.37. The van der Waals surface area contributed by atoms with Crippen molar-refractivity contribution >= 4 is 0 Å². The molecule has 134 valence electrons. The van der Waals surface area contributed by atoms with Crippen molar-refractivity contribution in [3.05, 3.63) is 29.8 Å². The van der Waals surface area contributed by atoms with Crippen molar-refractivity contribution in [2.75, 3.05) is 60.5 Å². The summed E-state index contributed by atoms with van der Waals surface area (Å²) in [6.07, 6.45) is 1.59. The first kappa shape index (κ1) is 17.7. The van der Waals surface area contributed by atoms with Crippen LogP contribution < -0.4 is 4.74 Å². The standard InChI is InChI=1S/C19H31N3O2/c1-20(2)10-11-24-19-12-17-14-21(8-9-22(17)15-19)13-16-4-6-18(23-3)7-5-16/h4-7,17,19H,8-15H2,1-3H3/t17-,19+/m0/s1. The Morgan fingerprint density at radius 3 is 2.62 bits per heavy atom. The van der Waals surface area contributed by atoms with E-state index in [0.29, 0.717) is 12.1 Å². The molecule has 0 spiro atoms. The summed E-state index contributed by atoms with van der Waals surface area (Å²) in [7, 11) is 5.90. The van der Waals surface area contributed by atoms with Crippen LogP contribution in [0, 0.1) is 0 Å². The predicted octanol–water partition coefficient (Wildman–Crippen LogP) is 1.53. The van der Waals surface area contributed by atoms with E-state index in [2.05, 4.69) is 53.1 Å². The molecule has 2 aliphatic rings. The lowest BCUT2D eigenvalue weighted by Gasteiger charge is -2.37. The van der Waals surface area contributed by atoms with Crippen LogP contribution >= 0.6 is 0 Å². The van der Waals surface area contributed by atoms with E-state index in [1.807, 2.05) is 0 Å². The Hall–Kier alpha value is -1.14. The lowest BCUT2D eigenvalue weighted by Crippen LogP contribution is -2.49. The van der Waals surface area contributed by atoms with Gasteiger partial charge in [-0.3, -0.25) is 9.80 Å². The summed E-state index contributed by atoms with van der Waals surface area (Å²) in [6, 6.07) is 9.10. The maximum atomic E-state index is 6.07. The van der Waals surface area contributed by atoms with Crippen molar-refractivity contribution in [2.24, 2.45) is 0 Å². The summed E-state index contributed by atoms with van der Waals surface area (Å²) in [5, 5.41) is 0. The Bertz CT molecular complexity index is 506. The zero-order valence-corrected chi connectivity index (χ0v) is 15.3. The minimum atomic E-state index is 0.413. The summed E-state index contributed by atoms with van der Waals surface area (Å²) in [5.74, 6) is 0.928. The highest BCUT2D eigenvalue weighted by Gasteiger charge is 2.36. The Labute approximate surface area is 146 Å². The van der Waals surface area contributed by atoms with E-state index in [0.717, 1.165) is 51.6 Å². The lowest BCUT2D eigenvalue weighted by molar-refractivity contribution is 0.0489. The Morgan fingerprint density at radius 2 is 1.92 bits per heavy atom. The van der Waals surface area contributed by atoms with E-state index in [4.69, 9.17) is 9.47 Å². The van der Waals surface area contributed by atoms with Crippen molar-refractivity contribution < 1.29 is 9.47 Å². The molecule has 2 saturated heterocycles. The van der Waals surface area contributed by atoms with Crippen LogP contribution in [0.3, 0.4) is 0 Å². The van der Waals surface area contributed by atoms with Gasteiger partial charge >= 0.3 is 0 Å². The van der Waals surface area contributed by atoms with E-state index in [-0.39, 0.29) is 0 Å². The Balaban J connectivity index is 1.45. The van der Waals surface area contributed by atoms with Crippen LogP contribution in [0.5, 0.6) is 5.75 Å². The largest absolute Gasteiger partial charge is 0.497 e. The van der Waals surface area contributed by atoms with Gasteiger partial charge < -0.3 is 14.4 Å². The molecule has 0 aromatic heterocycles. The normalized spacial score (nSPS) is 25.2. The van der Waals surface area contributed by atoms with Crippen molar-refractivity contribution in [1.82, 2.24) is 14.7 Å². The highest BCUT2D eigenvalue weighted by Crippen LogP contribution is 2.25. The molecule has 0 radical (unpaired) electrons. The fraction of sp³-hybridized carbons (Fsp3) is 0.684. The van der Waals surface area contributed by atoms with Crippen molar-refractivity contribution in [1.29, 1.82) is 0 Å². The molecule has 5 nitrogen and oxygen atoms in total. The number of ether oxygens (including phenoxy) is 2. The third kappa shape index (κ3) is 4.70. The van der Waals surface area contributed by atoms with Gasteiger partial charge in [0, 0.05) is 45.3 Å². The molecule has 0 aliphatic carbocycles. The first-order chi connectivity index (χ1) is 11.6. The van der Waals surface area contributed by atoms with E-state index < -0.39 is 0 Å². The molecule has 2 aliphatic heterocycles. The topological polar surface area (TPSA) is 28.2 Å². The Morgan fingerprint density at radius 1 is 1.12 bits per heavy atom. The highest BCUT2D eigenvalue weighted by molar-refractivity contribution is 5.27. The molecular weight excluding hydrogens is 302 g/mol. The van der Waals surface area contributed by atoms with Gasteiger partial charge in [0.15, 0.2) is 0 Å². The van der Waals surface area contributed by atoms with Gasteiger partial charge in [-0.05, 0) is 38.2 Å². The zero-order chi connectivity index (χ0) is 16.9. The molecule has 2 fully saturated rings. The molecule has 2 atom stereocenters. The van der Waals surface area contributed by atoms with Gasteiger partial charge in [-0.2, -0.15) is 0 Å². The molecule has 0 amide bonds. The number of nitrogens with zero attached hydrogens (tertiary/aromatic N) is 3. The van der Waals surface area contributed by atoms with E-state index >= 15 is 0 Å². The predicted molar refractivity (Wildman–Crippen MR) is 96.5 cm³/mol. The van der Waals surface area contributed by atoms with E-state index in [1.54, 1.807) is 7.11 Å². The monoisotopic (exact) mass is 333 g/mol. The molecule has 2 heterocycles. The van der Waals surface area contributed by atoms with Crippen LogP contribution in [0.25, 0.3) is 0 Å². The summed E-state index contributed by atoms with van der Waals surface area (Å²) >= 11 is 0. The quantitative estimate of drug-likeness (QED) is 0.755. The smallest absolute Gasteiger partial charge is 0.118 e. The van der Waals surface area contributed by atoms with Crippen LogP contribution in [0.15, 0.2) is 24.3 Å². The number of hydrogen-bond acceptors (Lipinski definition) is 5. The molecular formula is C19H31N3O2. The van der Waals surface area contributed by atoms with E-state index in [9.17, 15) is 0 Å². The first-order valence-corrected chi connectivity index (χ1v) is 8.99. The molecule has 5 heteroatoms. The van der Waals surface area contributed by atoms with Gasteiger partial charge in [0.05, 0.1) is 19.8 Å². The van der Waals surface area contributed by atoms with Gasteiger partial charge in [0.1, 0.15) is 5.75 Å². The lowest BCUT2D eigenvalue weighted by atomic mass is 10.1. The molecule has 0 bridgehead atoms. The number of hydrogen-bond donors (Lipinski definition) is 0.